The van der Waals surface area contributed by atoms with E-state index in [1.165, 1.54) is 10.1 Å². The number of rotatable bonds is 3. The lowest BCUT2D eigenvalue weighted by Crippen LogP contribution is -2.29. The highest BCUT2D eigenvalue weighted by Crippen LogP contribution is 2.35. The molecule has 0 saturated carbocycles. The zero-order valence-corrected chi connectivity index (χ0v) is 13.6. The summed E-state index contributed by atoms with van der Waals surface area (Å²) in [6.07, 6.45) is 0. The normalized spacial score (nSPS) is 12.8. The van der Waals surface area contributed by atoms with E-state index in [2.05, 4.69) is 44.9 Å². The lowest BCUT2D eigenvalue weighted by atomic mass is 9.98. The van der Waals surface area contributed by atoms with Crippen LogP contribution in [0.5, 0.6) is 0 Å². The van der Waals surface area contributed by atoms with Crippen LogP contribution in [-0.2, 0) is 0 Å². The zero-order chi connectivity index (χ0) is 14.1. The molecular formula is C15H12BrClN2S. The molecule has 1 heterocycles. The van der Waals surface area contributed by atoms with Gasteiger partial charge in [-0.25, -0.2) is 5.43 Å². The Morgan fingerprint density at radius 1 is 1.15 bits per heavy atom. The SMILES string of the molecule is NNC(c1cc(Br)ccc1Cl)c1cccc2ccsc12. The van der Waals surface area contributed by atoms with Gasteiger partial charge >= 0.3 is 0 Å². The molecule has 0 radical (unpaired) electrons. The summed E-state index contributed by atoms with van der Waals surface area (Å²) in [5, 5.41) is 4.01. The van der Waals surface area contributed by atoms with Crippen LogP contribution in [0.15, 0.2) is 52.3 Å². The highest BCUT2D eigenvalue weighted by atomic mass is 79.9. The van der Waals surface area contributed by atoms with Crippen molar-refractivity contribution in [3.05, 3.63) is 68.5 Å². The molecule has 20 heavy (non-hydrogen) atoms. The summed E-state index contributed by atoms with van der Waals surface area (Å²) in [6.45, 7) is 0. The molecule has 0 amide bonds. The van der Waals surface area contributed by atoms with Crippen molar-refractivity contribution in [3.8, 4) is 0 Å². The molecule has 3 N–H and O–H groups in total. The van der Waals surface area contributed by atoms with Crippen LogP contribution in [-0.4, -0.2) is 0 Å². The predicted octanol–water partition coefficient (Wildman–Crippen LogP) is 4.87. The van der Waals surface area contributed by atoms with Crippen LogP contribution in [0.1, 0.15) is 17.2 Å². The third-order valence-electron chi connectivity index (χ3n) is 3.26. The van der Waals surface area contributed by atoms with Crippen molar-refractivity contribution in [1.82, 2.24) is 5.43 Å². The molecule has 5 heteroatoms. The molecule has 1 atom stereocenters. The molecule has 1 aromatic heterocycles. The van der Waals surface area contributed by atoms with Crippen LogP contribution < -0.4 is 11.3 Å². The quantitative estimate of drug-likeness (QED) is 0.512. The highest BCUT2D eigenvalue weighted by molar-refractivity contribution is 9.10. The van der Waals surface area contributed by atoms with Crippen molar-refractivity contribution in [2.24, 2.45) is 5.84 Å². The van der Waals surface area contributed by atoms with Crippen LogP contribution in [0.4, 0.5) is 0 Å². The van der Waals surface area contributed by atoms with E-state index in [1.54, 1.807) is 11.3 Å². The van der Waals surface area contributed by atoms with Crippen molar-refractivity contribution in [2.75, 3.05) is 0 Å². The Balaban J connectivity index is 2.19. The number of nitrogens with two attached hydrogens (primary N) is 1. The van der Waals surface area contributed by atoms with Gasteiger partial charge in [0.15, 0.2) is 0 Å². The van der Waals surface area contributed by atoms with Gasteiger partial charge in [-0.15, -0.1) is 11.3 Å². The van der Waals surface area contributed by atoms with E-state index in [0.717, 1.165) is 15.6 Å². The number of thiophene rings is 1. The fourth-order valence-electron chi connectivity index (χ4n) is 2.33. The number of benzene rings is 2. The molecule has 2 aromatic carbocycles. The minimum absolute atomic E-state index is 0.137. The number of hydrazine groups is 1. The zero-order valence-electron chi connectivity index (χ0n) is 10.4. The Hall–Kier alpha value is -0.910. The number of fused-ring (bicyclic) bond motifs is 1. The third kappa shape index (κ3) is 2.50. The van der Waals surface area contributed by atoms with Crippen LogP contribution in [0, 0.1) is 0 Å². The maximum Gasteiger partial charge on any atom is 0.0738 e. The molecule has 102 valence electrons. The van der Waals surface area contributed by atoms with Crippen molar-refractivity contribution in [3.63, 3.8) is 0 Å². The standard InChI is InChI=1S/C15H12BrClN2S/c16-10-4-5-13(17)12(8-10)14(19-18)11-3-1-2-9-6-7-20-15(9)11/h1-8,14,19H,18H2. The first kappa shape index (κ1) is 14.0. The molecule has 0 fully saturated rings. The molecule has 0 bridgehead atoms. The summed E-state index contributed by atoms with van der Waals surface area (Å²) in [4.78, 5) is 0. The van der Waals surface area contributed by atoms with Gasteiger partial charge in [-0.3, -0.25) is 5.84 Å². The average Bonchev–Trinajstić information content (AvgIpc) is 2.92. The first-order chi connectivity index (χ1) is 9.70. The Bertz CT molecular complexity index is 756. The van der Waals surface area contributed by atoms with Gasteiger partial charge in [-0.05, 0) is 46.2 Å². The second-order valence-corrected chi connectivity index (χ2v) is 6.69. The summed E-state index contributed by atoms with van der Waals surface area (Å²) in [7, 11) is 0. The summed E-state index contributed by atoms with van der Waals surface area (Å²) in [6, 6.07) is 14.0. The summed E-state index contributed by atoms with van der Waals surface area (Å²) < 4.78 is 2.21. The second kappa shape index (κ2) is 5.84. The molecule has 0 saturated heterocycles. The first-order valence-corrected chi connectivity index (χ1v) is 8.13. The van der Waals surface area contributed by atoms with Crippen LogP contribution >= 0.6 is 38.9 Å². The summed E-state index contributed by atoms with van der Waals surface area (Å²) >= 11 is 11.5. The number of hydrogen-bond donors (Lipinski definition) is 2. The van der Waals surface area contributed by atoms with Gasteiger partial charge in [-0.1, -0.05) is 45.7 Å². The van der Waals surface area contributed by atoms with E-state index in [1.807, 2.05) is 24.3 Å². The van der Waals surface area contributed by atoms with Crippen molar-refractivity contribution in [1.29, 1.82) is 0 Å². The van der Waals surface area contributed by atoms with E-state index in [0.29, 0.717) is 5.02 Å². The van der Waals surface area contributed by atoms with E-state index in [-0.39, 0.29) is 6.04 Å². The maximum absolute atomic E-state index is 6.33. The van der Waals surface area contributed by atoms with Gasteiger partial charge in [0.05, 0.1) is 6.04 Å². The number of halogens is 2. The molecular weight excluding hydrogens is 356 g/mol. The van der Waals surface area contributed by atoms with E-state index in [4.69, 9.17) is 17.4 Å². The molecule has 0 aliphatic carbocycles. The van der Waals surface area contributed by atoms with Crippen LogP contribution in [0.2, 0.25) is 5.02 Å². The molecule has 0 aliphatic rings. The fraction of sp³-hybridized carbons (Fsp3) is 0.0667. The van der Waals surface area contributed by atoms with Gasteiger partial charge in [0.2, 0.25) is 0 Å². The van der Waals surface area contributed by atoms with E-state index < -0.39 is 0 Å². The molecule has 1 unspecified atom stereocenters. The highest BCUT2D eigenvalue weighted by Gasteiger charge is 2.18. The molecule has 2 nitrogen and oxygen atoms in total. The number of hydrogen-bond acceptors (Lipinski definition) is 3. The Labute approximate surface area is 134 Å². The summed E-state index contributed by atoms with van der Waals surface area (Å²) in [5.74, 6) is 5.80. The van der Waals surface area contributed by atoms with Gasteiger partial charge in [-0.2, -0.15) is 0 Å². The number of nitrogens with one attached hydrogen (secondary N) is 1. The molecule has 3 rings (SSSR count). The summed E-state index contributed by atoms with van der Waals surface area (Å²) in [5.41, 5.74) is 4.99. The average molecular weight is 368 g/mol. The minimum atomic E-state index is -0.137. The van der Waals surface area contributed by atoms with E-state index >= 15 is 0 Å². The first-order valence-electron chi connectivity index (χ1n) is 6.08. The Morgan fingerprint density at radius 2 is 2.00 bits per heavy atom. The topological polar surface area (TPSA) is 38.0 Å². The van der Waals surface area contributed by atoms with Gasteiger partial charge in [0, 0.05) is 14.2 Å². The van der Waals surface area contributed by atoms with Crippen molar-refractivity contribution >= 4 is 49.0 Å². The van der Waals surface area contributed by atoms with Gasteiger partial charge in [0.25, 0.3) is 0 Å². The van der Waals surface area contributed by atoms with Gasteiger partial charge < -0.3 is 0 Å². The molecule has 0 spiro atoms. The van der Waals surface area contributed by atoms with Crippen molar-refractivity contribution < 1.29 is 0 Å². The van der Waals surface area contributed by atoms with Crippen molar-refractivity contribution in [2.45, 2.75) is 6.04 Å². The minimum Gasteiger partial charge on any atom is -0.271 e. The van der Waals surface area contributed by atoms with Crippen LogP contribution in [0.3, 0.4) is 0 Å². The fourth-order valence-corrected chi connectivity index (χ4v) is 3.88. The third-order valence-corrected chi connectivity index (χ3v) is 5.07. The van der Waals surface area contributed by atoms with Gasteiger partial charge in [0.1, 0.15) is 0 Å². The van der Waals surface area contributed by atoms with E-state index in [9.17, 15) is 0 Å². The smallest absolute Gasteiger partial charge is 0.0738 e. The van der Waals surface area contributed by atoms with Crippen LogP contribution in [0.25, 0.3) is 10.1 Å². The monoisotopic (exact) mass is 366 g/mol. The molecule has 3 aromatic rings. The maximum atomic E-state index is 6.33. The second-order valence-electron chi connectivity index (χ2n) is 4.45. The molecule has 0 aliphatic heterocycles. The Morgan fingerprint density at radius 3 is 2.80 bits per heavy atom. The lowest BCUT2D eigenvalue weighted by Gasteiger charge is -2.19. The Kier molecular flexibility index (Phi) is 4.10. The predicted molar refractivity (Wildman–Crippen MR) is 90.1 cm³/mol. The lowest BCUT2D eigenvalue weighted by molar-refractivity contribution is 0.641. The largest absolute Gasteiger partial charge is 0.271 e.